The van der Waals surface area contributed by atoms with Crippen molar-refractivity contribution in [3.05, 3.63) is 33.9 Å². The molecule has 100 valence electrons. The van der Waals surface area contributed by atoms with Gasteiger partial charge in [0.1, 0.15) is 5.69 Å². The van der Waals surface area contributed by atoms with E-state index in [1.807, 2.05) is 6.26 Å². The largest absolute Gasteiger partial charge is 0.378 e. The van der Waals surface area contributed by atoms with Crippen molar-refractivity contribution in [2.45, 2.75) is 19.4 Å². The van der Waals surface area contributed by atoms with Crippen LogP contribution in [0.2, 0.25) is 0 Å². The van der Waals surface area contributed by atoms with Crippen molar-refractivity contribution >= 4 is 23.1 Å². The van der Waals surface area contributed by atoms with Gasteiger partial charge in [0.15, 0.2) is 11.6 Å². The monoisotopic (exact) mass is 276 g/mol. The highest BCUT2D eigenvalue weighted by Gasteiger charge is 2.18. The van der Waals surface area contributed by atoms with E-state index < -0.39 is 22.2 Å². The Morgan fingerprint density at radius 2 is 2.00 bits per heavy atom. The van der Waals surface area contributed by atoms with Gasteiger partial charge in [-0.2, -0.15) is 11.8 Å². The van der Waals surface area contributed by atoms with Gasteiger partial charge in [0, 0.05) is 6.04 Å². The minimum absolute atomic E-state index is 0.108. The van der Waals surface area contributed by atoms with Gasteiger partial charge in [0.25, 0.3) is 5.69 Å². The van der Waals surface area contributed by atoms with E-state index in [0.29, 0.717) is 12.1 Å². The van der Waals surface area contributed by atoms with Gasteiger partial charge in [-0.15, -0.1) is 0 Å². The Bertz CT molecular complexity index is 420. The fourth-order valence-corrected chi connectivity index (χ4v) is 2.01. The van der Waals surface area contributed by atoms with Crippen LogP contribution in [-0.2, 0) is 0 Å². The van der Waals surface area contributed by atoms with Crippen molar-refractivity contribution < 1.29 is 13.7 Å². The van der Waals surface area contributed by atoms with Crippen molar-refractivity contribution in [3.63, 3.8) is 0 Å². The molecule has 4 nitrogen and oxygen atoms in total. The minimum atomic E-state index is -0.947. The number of anilines is 1. The topological polar surface area (TPSA) is 55.2 Å². The lowest BCUT2D eigenvalue weighted by Crippen LogP contribution is -2.18. The molecule has 1 unspecified atom stereocenters. The number of nitro groups is 1. The van der Waals surface area contributed by atoms with Crippen LogP contribution >= 0.6 is 11.8 Å². The molecular weight excluding hydrogens is 262 g/mol. The molecule has 0 heterocycles. The number of halogens is 2. The van der Waals surface area contributed by atoms with Gasteiger partial charge in [0.05, 0.1) is 17.1 Å². The van der Waals surface area contributed by atoms with Gasteiger partial charge in [-0.05, 0) is 25.4 Å². The Labute approximate surface area is 108 Å². The summed E-state index contributed by atoms with van der Waals surface area (Å²) in [5.74, 6) is -1.03. The second kappa shape index (κ2) is 6.53. The van der Waals surface area contributed by atoms with Crippen LogP contribution in [0.5, 0.6) is 0 Å². The minimum Gasteiger partial charge on any atom is -0.378 e. The lowest BCUT2D eigenvalue weighted by atomic mass is 10.2. The summed E-state index contributed by atoms with van der Waals surface area (Å²) in [4.78, 5) is 9.60. The molecule has 18 heavy (non-hydrogen) atoms. The molecule has 0 aliphatic carbocycles. The predicted molar refractivity (Wildman–Crippen MR) is 69.1 cm³/mol. The molecule has 1 N–H and O–H groups in total. The summed E-state index contributed by atoms with van der Waals surface area (Å²) in [5.41, 5.74) is -0.901. The number of non-ortho nitro benzene ring substituents is 1. The summed E-state index contributed by atoms with van der Waals surface area (Å²) in [5, 5.41) is 13.1. The number of nitrogens with zero attached hydrogens (tertiary/aromatic N) is 1. The molecule has 1 aromatic carbocycles. The van der Waals surface area contributed by atoms with Crippen LogP contribution in [0.15, 0.2) is 12.1 Å². The van der Waals surface area contributed by atoms with E-state index in [2.05, 4.69) is 5.32 Å². The smallest absolute Gasteiger partial charge is 0.275 e. The van der Waals surface area contributed by atoms with E-state index in [4.69, 9.17) is 0 Å². The third kappa shape index (κ3) is 3.83. The molecule has 1 atom stereocenters. The summed E-state index contributed by atoms with van der Waals surface area (Å²) < 4.78 is 27.1. The van der Waals surface area contributed by atoms with Gasteiger partial charge in [-0.25, -0.2) is 8.78 Å². The third-order valence-electron chi connectivity index (χ3n) is 2.38. The first kappa shape index (κ1) is 14.7. The van der Waals surface area contributed by atoms with Crippen molar-refractivity contribution in [3.8, 4) is 0 Å². The van der Waals surface area contributed by atoms with Crippen molar-refractivity contribution in [1.29, 1.82) is 0 Å². The standard InChI is InChI=1S/C11H14F2N2O2S/c1-7(3-4-18-2)14-11-9(12)5-8(15(16)17)6-10(11)13/h5-7,14H,3-4H2,1-2H3. The maximum Gasteiger partial charge on any atom is 0.275 e. The fraction of sp³-hybridized carbons (Fsp3) is 0.455. The maximum atomic E-state index is 13.5. The van der Waals surface area contributed by atoms with Crippen LogP contribution in [-0.4, -0.2) is 23.0 Å². The van der Waals surface area contributed by atoms with Crippen LogP contribution in [0.1, 0.15) is 13.3 Å². The Kier molecular flexibility index (Phi) is 5.33. The molecule has 7 heteroatoms. The molecule has 1 aromatic rings. The average molecular weight is 276 g/mol. The van der Waals surface area contributed by atoms with E-state index in [1.54, 1.807) is 18.7 Å². The normalized spacial score (nSPS) is 12.2. The van der Waals surface area contributed by atoms with E-state index in [0.717, 1.165) is 12.2 Å². The molecule has 0 radical (unpaired) electrons. The summed E-state index contributed by atoms with van der Waals surface area (Å²) in [6.07, 6.45) is 2.69. The number of nitrogens with one attached hydrogen (secondary N) is 1. The lowest BCUT2D eigenvalue weighted by Gasteiger charge is -2.15. The zero-order valence-corrected chi connectivity index (χ0v) is 10.9. The molecule has 0 saturated carbocycles. The average Bonchev–Trinajstić information content (AvgIpc) is 2.30. The molecule has 0 aliphatic rings. The zero-order valence-electron chi connectivity index (χ0n) is 10.1. The third-order valence-corrected chi connectivity index (χ3v) is 3.03. The molecule has 0 fully saturated rings. The van der Waals surface area contributed by atoms with Crippen molar-refractivity contribution in [1.82, 2.24) is 0 Å². The van der Waals surface area contributed by atoms with Crippen LogP contribution in [0.25, 0.3) is 0 Å². The number of hydrogen-bond acceptors (Lipinski definition) is 4. The maximum absolute atomic E-state index is 13.5. The second-order valence-corrected chi connectivity index (χ2v) is 4.85. The van der Waals surface area contributed by atoms with Gasteiger partial charge in [-0.3, -0.25) is 10.1 Å². The van der Waals surface area contributed by atoms with Gasteiger partial charge in [0.2, 0.25) is 0 Å². The second-order valence-electron chi connectivity index (χ2n) is 3.87. The van der Waals surface area contributed by atoms with Crippen molar-refractivity contribution in [2.24, 2.45) is 0 Å². The first-order valence-electron chi connectivity index (χ1n) is 5.34. The SMILES string of the molecule is CSCCC(C)Nc1c(F)cc([N+](=O)[O-])cc1F. The van der Waals surface area contributed by atoms with E-state index in [9.17, 15) is 18.9 Å². The Morgan fingerprint density at radius 3 is 2.44 bits per heavy atom. The summed E-state index contributed by atoms with van der Waals surface area (Å²) in [6, 6.07) is 1.32. The number of nitro benzene ring substituents is 1. The molecular formula is C11H14F2N2O2S. The highest BCUT2D eigenvalue weighted by molar-refractivity contribution is 7.98. The van der Waals surface area contributed by atoms with Crippen LogP contribution in [0, 0.1) is 21.7 Å². The Morgan fingerprint density at radius 1 is 1.44 bits per heavy atom. The van der Waals surface area contributed by atoms with Gasteiger partial charge in [-0.1, -0.05) is 0 Å². The molecule has 0 aliphatic heterocycles. The van der Waals surface area contributed by atoms with Crippen LogP contribution < -0.4 is 5.32 Å². The molecule has 0 saturated heterocycles. The Hall–Kier alpha value is -1.37. The van der Waals surface area contributed by atoms with Gasteiger partial charge >= 0.3 is 0 Å². The van der Waals surface area contributed by atoms with Gasteiger partial charge < -0.3 is 5.32 Å². The fourth-order valence-electron chi connectivity index (χ4n) is 1.42. The summed E-state index contributed by atoms with van der Waals surface area (Å²) >= 11 is 1.64. The molecule has 0 aromatic heterocycles. The number of thioether (sulfide) groups is 1. The van der Waals surface area contributed by atoms with Crippen molar-refractivity contribution in [2.75, 3.05) is 17.3 Å². The molecule has 0 bridgehead atoms. The molecule has 0 amide bonds. The highest BCUT2D eigenvalue weighted by Crippen LogP contribution is 2.25. The quantitative estimate of drug-likeness (QED) is 0.639. The van der Waals surface area contributed by atoms with E-state index in [-0.39, 0.29) is 11.7 Å². The molecule has 0 spiro atoms. The first-order valence-corrected chi connectivity index (χ1v) is 6.74. The zero-order chi connectivity index (χ0) is 13.7. The lowest BCUT2D eigenvalue weighted by molar-refractivity contribution is -0.385. The van der Waals surface area contributed by atoms with E-state index >= 15 is 0 Å². The number of rotatable bonds is 6. The highest BCUT2D eigenvalue weighted by atomic mass is 32.2. The summed E-state index contributed by atoms with van der Waals surface area (Å²) in [7, 11) is 0. The van der Waals surface area contributed by atoms with E-state index in [1.165, 1.54) is 0 Å². The summed E-state index contributed by atoms with van der Waals surface area (Å²) in [6.45, 7) is 1.80. The Balaban J connectivity index is 2.86. The predicted octanol–water partition coefficient (Wildman–Crippen LogP) is 3.43. The van der Waals surface area contributed by atoms with Crippen LogP contribution in [0.4, 0.5) is 20.2 Å². The number of benzene rings is 1. The molecule has 1 rings (SSSR count). The number of hydrogen-bond donors (Lipinski definition) is 1. The first-order chi connectivity index (χ1) is 8.45. The van der Waals surface area contributed by atoms with Crippen LogP contribution in [0.3, 0.4) is 0 Å².